The SMILES string of the molecule is COc1cc(CNCc2cccnc2)c(Cl)cc1OCc1ccc([N+](=O)[O-])cc1. The standard InChI is InChI=1S/C21H20ClN3O4/c1-28-20-9-17(13-24-12-16-3-2-8-23-11-16)19(22)10-21(20)29-14-15-4-6-18(7-5-15)25(26)27/h2-11,24H,12-14H2,1H3. The van der Waals surface area contributed by atoms with Crippen molar-refractivity contribution in [3.05, 3.63) is 92.8 Å². The molecule has 150 valence electrons. The molecule has 0 aliphatic rings. The maximum Gasteiger partial charge on any atom is 0.269 e. The highest BCUT2D eigenvalue weighted by Gasteiger charge is 2.12. The number of pyridine rings is 1. The number of hydrogen-bond donors (Lipinski definition) is 1. The van der Waals surface area contributed by atoms with Gasteiger partial charge in [-0.05, 0) is 41.0 Å². The second-order valence-electron chi connectivity index (χ2n) is 6.27. The average molecular weight is 414 g/mol. The molecule has 0 unspecified atom stereocenters. The van der Waals surface area contributed by atoms with E-state index in [1.54, 1.807) is 31.5 Å². The van der Waals surface area contributed by atoms with Crippen LogP contribution in [0.2, 0.25) is 5.02 Å². The number of non-ortho nitro benzene ring substituents is 1. The number of nitro benzene ring substituents is 1. The van der Waals surface area contributed by atoms with E-state index in [1.165, 1.54) is 12.1 Å². The summed E-state index contributed by atoms with van der Waals surface area (Å²) in [4.78, 5) is 14.4. The van der Waals surface area contributed by atoms with E-state index in [0.29, 0.717) is 29.6 Å². The van der Waals surface area contributed by atoms with Crippen molar-refractivity contribution in [2.45, 2.75) is 19.7 Å². The van der Waals surface area contributed by atoms with Gasteiger partial charge in [-0.2, -0.15) is 0 Å². The molecule has 0 radical (unpaired) electrons. The summed E-state index contributed by atoms with van der Waals surface area (Å²) in [7, 11) is 1.56. The third-order valence-corrected chi connectivity index (χ3v) is 4.59. The highest BCUT2D eigenvalue weighted by molar-refractivity contribution is 6.31. The van der Waals surface area contributed by atoms with Crippen LogP contribution in [0.15, 0.2) is 60.9 Å². The maximum atomic E-state index is 10.7. The van der Waals surface area contributed by atoms with Crippen LogP contribution in [0.5, 0.6) is 11.5 Å². The first-order chi connectivity index (χ1) is 14.1. The van der Waals surface area contributed by atoms with Crippen LogP contribution >= 0.6 is 11.6 Å². The van der Waals surface area contributed by atoms with Crippen LogP contribution in [0.25, 0.3) is 0 Å². The van der Waals surface area contributed by atoms with Crippen molar-refractivity contribution in [3.63, 3.8) is 0 Å². The number of hydrogen-bond acceptors (Lipinski definition) is 6. The molecule has 0 fully saturated rings. The largest absolute Gasteiger partial charge is 0.493 e. The zero-order valence-corrected chi connectivity index (χ0v) is 16.6. The normalized spacial score (nSPS) is 10.6. The van der Waals surface area contributed by atoms with Crippen LogP contribution in [0, 0.1) is 10.1 Å². The van der Waals surface area contributed by atoms with Crippen molar-refractivity contribution in [1.29, 1.82) is 0 Å². The number of nitrogens with one attached hydrogen (secondary N) is 1. The number of nitro groups is 1. The minimum atomic E-state index is -0.436. The number of aromatic nitrogens is 1. The summed E-state index contributed by atoms with van der Waals surface area (Å²) in [5.41, 5.74) is 2.81. The number of methoxy groups -OCH3 is 1. The maximum absolute atomic E-state index is 10.7. The molecule has 1 aromatic heterocycles. The summed E-state index contributed by atoms with van der Waals surface area (Å²) in [6.07, 6.45) is 3.55. The number of nitrogens with zero attached hydrogens (tertiary/aromatic N) is 2. The van der Waals surface area contributed by atoms with Crippen molar-refractivity contribution in [1.82, 2.24) is 10.3 Å². The van der Waals surface area contributed by atoms with Gasteiger partial charge in [-0.3, -0.25) is 15.1 Å². The van der Waals surface area contributed by atoms with Gasteiger partial charge in [0.1, 0.15) is 6.61 Å². The molecule has 8 heteroatoms. The summed E-state index contributed by atoms with van der Waals surface area (Å²) in [5.74, 6) is 1.07. The van der Waals surface area contributed by atoms with Gasteiger partial charge in [-0.25, -0.2) is 0 Å². The summed E-state index contributed by atoms with van der Waals surface area (Å²) < 4.78 is 11.2. The van der Waals surface area contributed by atoms with Crippen molar-refractivity contribution in [2.75, 3.05) is 7.11 Å². The Morgan fingerprint density at radius 3 is 2.55 bits per heavy atom. The lowest BCUT2D eigenvalue weighted by Gasteiger charge is -2.14. The Labute approximate surface area is 173 Å². The molecule has 0 aliphatic carbocycles. The Hall–Kier alpha value is -3.16. The van der Waals surface area contributed by atoms with Crippen LogP contribution in [0.3, 0.4) is 0 Å². The quantitative estimate of drug-likeness (QED) is 0.410. The van der Waals surface area contributed by atoms with Gasteiger partial charge in [0.25, 0.3) is 5.69 Å². The molecule has 3 aromatic rings. The highest BCUT2D eigenvalue weighted by atomic mass is 35.5. The molecule has 0 bridgehead atoms. The first kappa shape index (κ1) is 20.6. The molecule has 1 heterocycles. The Morgan fingerprint density at radius 1 is 1.10 bits per heavy atom. The molecule has 29 heavy (non-hydrogen) atoms. The molecular weight excluding hydrogens is 394 g/mol. The Balaban J connectivity index is 1.63. The summed E-state index contributed by atoms with van der Waals surface area (Å²) in [6.45, 7) is 1.47. The van der Waals surface area contributed by atoms with Crippen LogP contribution in [0.4, 0.5) is 5.69 Å². The fraction of sp³-hybridized carbons (Fsp3) is 0.190. The molecule has 3 rings (SSSR count). The highest BCUT2D eigenvalue weighted by Crippen LogP contribution is 2.34. The fourth-order valence-electron chi connectivity index (χ4n) is 2.70. The lowest BCUT2D eigenvalue weighted by molar-refractivity contribution is -0.384. The molecule has 7 nitrogen and oxygen atoms in total. The van der Waals surface area contributed by atoms with E-state index in [4.69, 9.17) is 21.1 Å². The third-order valence-electron chi connectivity index (χ3n) is 4.24. The monoisotopic (exact) mass is 413 g/mol. The topological polar surface area (TPSA) is 86.5 Å². The van der Waals surface area contributed by atoms with Crippen molar-refractivity contribution < 1.29 is 14.4 Å². The van der Waals surface area contributed by atoms with Crippen molar-refractivity contribution in [2.24, 2.45) is 0 Å². The van der Waals surface area contributed by atoms with Crippen LogP contribution < -0.4 is 14.8 Å². The van der Waals surface area contributed by atoms with Crippen LogP contribution in [-0.4, -0.2) is 17.0 Å². The molecule has 1 N–H and O–H groups in total. The van der Waals surface area contributed by atoms with Gasteiger partial charge >= 0.3 is 0 Å². The van der Waals surface area contributed by atoms with E-state index in [0.717, 1.165) is 16.7 Å². The van der Waals surface area contributed by atoms with E-state index < -0.39 is 4.92 Å². The smallest absolute Gasteiger partial charge is 0.269 e. The van der Waals surface area contributed by atoms with E-state index >= 15 is 0 Å². The van der Waals surface area contributed by atoms with Gasteiger partial charge in [0.15, 0.2) is 11.5 Å². The van der Waals surface area contributed by atoms with Gasteiger partial charge in [-0.15, -0.1) is 0 Å². The Bertz CT molecular complexity index is 966. The van der Waals surface area contributed by atoms with Gasteiger partial charge in [0, 0.05) is 48.7 Å². The first-order valence-electron chi connectivity index (χ1n) is 8.89. The van der Waals surface area contributed by atoms with E-state index in [-0.39, 0.29) is 12.3 Å². The minimum Gasteiger partial charge on any atom is -0.493 e. The van der Waals surface area contributed by atoms with Crippen molar-refractivity contribution in [3.8, 4) is 11.5 Å². The lowest BCUT2D eigenvalue weighted by Crippen LogP contribution is -2.13. The average Bonchev–Trinajstić information content (AvgIpc) is 2.74. The zero-order valence-electron chi connectivity index (χ0n) is 15.8. The van der Waals surface area contributed by atoms with Crippen LogP contribution in [0.1, 0.15) is 16.7 Å². The Morgan fingerprint density at radius 2 is 1.90 bits per heavy atom. The van der Waals surface area contributed by atoms with Crippen molar-refractivity contribution >= 4 is 17.3 Å². The van der Waals surface area contributed by atoms with Crippen LogP contribution in [-0.2, 0) is 19.7 Å². The second kappa shape index (κ2) is 9.86. The lowest BCUT2D eigenvalue weighted by atomic mass is 10.2. The van der Waals surface area contributed by atoms with Gasteiger partial charge < -0.3 is 14.8 Å². The molecule has 0 atom stereocenters. The summed E-state index contributed by atoms with van der Waals surface area (Å²) in [6, 6.07) is 13.6. The zero-order chi connectivity index (χ0) is 20.6. The summed E-state index contributed by atoms with van der Waals surface area (Å²) in [5, 5.41) is 14.6. The predicted molar refractivity (Wildman–Crippen MR) is 110 cm³/mol. The number of ether oxygens (including phenoxy) is 2. The molecule has 0 spiro atoms. The molecule has 0 saturated carbocycles. The van der Waals surface area contributed by atoms with Gasteiger partial charge in [0.2, 0.25) is 0 Å². The minimum absolute atomic E-state index is 0.0394. The fourth-order valence-corrected chi connectivity index (χ4v) is 2.92. The van der Waals surface area contributed by atoms with E-state index in [2.05, 4.69) is 10.3 Å². The molecule has 0 saturated heterocycles. The number of halogens is 1. The number of benzene rings is 2. The Kier molecular flexibility index (Phi) is 6.99. The molecule has 0 aliphatic heterocycles. The molecule has 2 aromatic carbocycles. The van der Waals surface area contributed by atoms with Gasteiger partial charge in [0.05, 0.1) is 12.0 Å². The molecule has 0 amide bonds. The third kappa shape index (κ3) is 5.66. The predicted octanol–water partition coefficient (Wildman–Crippen LogP) is 4.52. The van der Waals surface area contributed by atoms with E-state index in [9.17, 15) is 10.1 Å². The van der Waals surface area contributed by atoms with Gasteiger partial charge in [-0.1, -0.05) is 17.7 Å². The second-order valence-corrected chi connectivity index (χ2v) is 6.68. The number of rotatable bonds is 9. The molecular formula is C21H20ClN3O4. The summed E-state index contributed by atoms with van der Waals surface area (Å²) >= 11 is 6.41. The van der Waals surface area contributed by atoms with E-state index in [1.807, 2.05) is 24.4 Å². The first-order valence-corrected chi connectivity index (χ1v) is 9.27.